The second-order valence-corrected chi connectivity index (χ2v) is 11.2. The molecule has 0 aliphatic carbocycles. The predicted molar refractivity (Wildman–Crippen MR) is 171 cm³/mol. The highest BCUT2D eigenvalue weighted by Crippen LogP contribution is 2.31. The van der Waals surface area contributed by atoms with Gasteiger partial charge in [-0.15, -0.1) is 0 Å². The first kappa shape index (κ1) is 36.1. The summed E-state index contributed by atoms with van der Waals surface area (Å²) in [7, 11) is 0. The molecule has 0 aromatic heterocycles. The fourth-order valence-corrected chi connectivity index (χ4v) is 5.30. The number of amides is 4. The Hall–Kier alpha value is -4.08. The van der Waals surface area contributed by atoms with Crippen LogP contribution in [0.25, 0.3) is 0 Å². The van der Waals surface area contributed by atoms with Gasteiger partial charge in [0.15, 0.2) is 0 Å². The number of aryl methyl sites for hydroxylation is 2. The Labute approximate surface area is 261 Å². The quantitative estimate of drug-likeness (QED) is 0.0759. The van der Waals surface area contributed by atoms with E-state index in [0.29, 0.717) is 30.4 Å². The first-order chi connectivity index (χ1) is 21.2. The summed E-state index contributed by atoms with van der Waals surface area (Å²) < 4.78 is 0. The topological polar surface area (TPSA) is 157 Å². The van der Waals surface area contributed by atoms with Crippen molar-refractivity contribution < 1.29 is 29.4 Å². The van der Waals surface area contributed by atoms with Crippen LogP contribution in [-0.2, 0) is 22.4 Å². The molecule has 0 saturated carbocycles. The molecule has 6 N–H and O–H groups in total. The number of carbonyl (C=O) groups is 4. The summed E-state index contributed by atoms with van der Waals surface area (Å²) in [6, 6.07) is 9.66. The molecule has 0 saturated heterocycles. The lowest BCUT2D eigenvalue weighted by atomic mass is 9.78. The number of nitrogens with one attached hydrogen (secondary N) is 4. The van der Waals surface area contributed by atoms with Gasteiger partial charge in [0.25, 0.3) is 23.6 Å². The zero-order valence-electron chi connectivity index (χ0n) is 26.7. The van der Waals surface area contributed by atoms with E-state index < -0.39 is 29.0 Å². The Bertz CT molecular complexity index is 1180. The van der Waals surface area contributed by atoms with E-state index in [9.17, 15) is 29.4 Å². The van der Waals surface area contributed by atoms with Gasteiger partial charge in [0.2, 0.25) is 0 Å². The van der Waals surface area contributed by atoms with Crippen LogP contribution in [0.1, 0.15) is 130 Å². The fourth-order valence-electron chi connectivity index (χ4n) is 5.30. The van der Waals surface area contributed by atoms with Crippen LogP contribution in [0.2, 0.25) is 0 Å². The molecule has 0 fully saturated rings. The summed E-state index contributed by atoms with van der Waals surface area (Å²) in [5.41, 5.74) is 9.44. The molecule has 4 amide bonds. The van der Waals surface area contributed by atoms with Gasteiger partial charge >= 0.3 is 0 Å². The van der Waals surface area contributed by atoms with Crippen LogP contribution in [0.4, 0.5) is 0 Å². The van der Waals surface area contributed by atoms with E-state index in [1.807, 2.05) is 13.8 Å². The largest absolute Gasteiger partial charge is 0.507 e. The zero-order chi connectivity index (χ0) is 32.5. The number of hydrogen-bond acceptors (Lipinski definition) is 6. The minimum Gasteiger partial charge on any atom is -0.507 e. The number of hydrogen-bond donors (Lipinski definition) is 6. The van der Waals surface area contributed by atoms with E-state index in [4.69, 9.17) is 0 Å². The average Bonchev–Trinajstić information content (AvgIpc) is 3.02. The summed E-state index contributed by atoms with van der Waals surface area (Å²) in [6.07, 6.45) is 9.31. The first-order valence-corrected chi connectivity index (χ1v) is 16.0. The number of hydrazine groups is 2. The van der Waals surface area contributed by atoms with Crippen LogP contribution in [0.5, 0.6) is 11.5 Å². The maximum atomic E-state index is 13.7. The molecule has 0 spiro atoms. The predicted octanol–water partition coefficient (Wildman–Crippen LogP) is 5.76. The highest BCUT2D eigenvalue weighted by molar-refractivity contribution is 6.07. The lowest BCUT2D eigenvalue weighted by molar-refractivity contribution is -0.145. The van der Waals surface area contributed by atoms with Crippen LogP contribution in [0, 0.1) is 5.41 Å². The summed E-state index contributed by atoms with van der Waals surface area (Å²) in [5, 5.41) is 20.8. The number of phenolic OH excluding ortho intramolecular Hbond substituents is 2. The third-order valence-electron chi connectivity index (χ3n) is 8.07. The van der Waals surface area contributed by atoms with Crippen LogP contribution in [-0.4, -0.2) is 33.8 Å². The average molecular weight is 611 g/mol. The van der Waals surface area contributed by atoms with Crippen molar-refractivity contribution in [3.63, 3.8) is 0 Å². The van der Waals surface area contributed by atoms with Gasteiger partial charge in [-0.25, -0.2) is 0 Å². The Kier molecular flexibility index (Phi) is 15.2. The van der Waals surface area contributed by atoms with Gasteiger partial charge in [-0.1, -0.05) is 96.9 Å². The molecule has 2 rings (SSSR count). The zero-order valence-corrected chi connectivity index (χ0v) is 26.7. The Morgan fingerprint density at radius 2 is 1.02 bits per heavy atom. The van der Waals surface area contributed by atoms with Crippen molar-refractivity contribution in [1.82, 2.24) is 21.7 Å². The molecule has 0 radical (unpaired) electrons. The minimum absolute atomic E-state index is 0.0705. The molecule has 10 nitrogen and oxygen atoms in total. The molecule has 10 heteroatoms. The van der Waals surface area contributed by atoms with Gasteiger partial charge < -0.3 is 10.2 Å². The van der Waals surface area contributed by atoms with E-state index in [1.165, 1.54) is 12.1 Å². The van der Waals surface area contributed by atoms with E-state index in [0.717, 1.165) is 51.4 Å². The molecule has 2 aromatic carbocycles. The molecule has 242 valence electrons. The normalized spacial score (nSPS) is 11.1. The summed E-state index contributed by atoms with van der Waals surface area (Å²) in [4.78, 5) is 53.6. The molecule has 0 aliphatic rings. The second-order valence-electron chi connectivity index (χ2n) is 11.2. The van der Waals surface area contributed by atoms with Crippen molar-refractivity contribution in [3.8, 4) is 11.5 Å². The van der Waals surface area contributed by atoms with E-state index in [-0.39, 0.29) is 35.5 Å². The number of benzene rings is 2. The number of phenols is 2. The van der Waals surface area contributed by atoms with Crippen LogP contribution in [0.15, 0.2) is 36.4 Å². The van der Waals surface area contributed by atoms with Crippen LogP contribution < -0.4 is 21.7 Å². The maximum Gasteiger partial charge on any atom is 0.273 e. The van der Waals surface area contributed by atoms with Crippen molar-refractivity contribution in [3.05, 3.63) is 58.7 Å². The van der Waals surface area contributed by atoms with Gasteiger partial charge in [-0.3, -0.25) is 40.9 Å². The number of rotatable bonds is 17. The smallest absolute Gasteiger partial charge is 0.273 e. The lowest BCUT2D eigenvalue weighted by Crippen LogP contribution is -2.58. The third kappa shape index (κ3) is 9.72. The molecule has 0 unspecified atom stereocenters. The summed E-state index contributed by atoms with van der Waals surface area (Å²) in [5.74, 6) is -3.25. The number of unbranched alkanes of at least 4 members (excludes halogenated alkanes) is 6. The molecule has 0 bridgehead atoms. The molecule has 2 aromatic rings. The molecular weight excluding hydrogens is 560 g/mol. The van der Waals surface area contributed by atoms with Crippen molar-refractivity contribution in [1.29, 1.82) is 0 Å². The lowest BCUT2D eigenvalue weighted by Gasteiger charge is -2.30. The van der Waals surface area contributed by atoms with Crippen molar-refractivity contribution >= 4 is 23.6 Å². The molecular formula is C34H50N4O6. The van der Waals surface area contributed by atoms with Crippen LogP contribution in [0.3, 0.4) is 0 Å². The summed E-state index contributed by atoms with van der Waals surface area (Å²) in [6.45, 7) is 7.85. The highest BCUT2D eigenvalue weighted by Gasteiger charge is 2.44. The second kappa shape index (κ2) is 18.6. The minimum atomic E-state index is -1.61. The maximum absolute atomic E-state index is 13.7. The SMILES string of the molecule is CCCCCCCC(CC)(C(=O)NNC(=O)c1c(O)cccc1CCCC)C(=O)NNC(=O)c1c(O)cccc1CCCC. The fraction of sp³-hybridized carbons (Fsp3) is 0.529. The van der Waals surface area contributed by atoms with Crippen LogP contribution >= 0.6 is 0 Å². The van der Waals surface area contributed by atoms with E-state index in [2.05, 4.69) is 28.6 Å². The Balaban J connectivity index is 2.25. The third-order valence-corrected chi connectivity index (χ3v) is 8.07. The number of carbonyl (C=O) groups excluding carboxylic acids is 4. The Morgan fingerprint density at radius 1 is 0.591 bits per heavy atom. The number of aromatic hydroxyl groups is 2. The van der Waals surface area contributed by atoms with Crippen molar-refractivity contribution in [2.75, 3.05) is 0 Å². The molecule has 44 heavy (non-hydrogen) atoms. The van der Waals surface area contributed by atoms with Gasteiger partial charge in [0.1, 0.15) is 16.9 Å². The standard InChI is InChI=1S/C34H50N4O6/c1-5-9-12-13-14-23-34(8-4,32(43)37-35-30(41)28-24(17-10-6-2)19-15-21-26(28)39)33(44)38-36-31(42)29-25(18-11-7-3)20-16-22-27(29)40/h15-16,19-22,39-40H,5-14,17-18,23H2,1-4H3,(H,35,41)(H,36,42)(H,37,43)(H,38,44). The monoisotopic (exact) mass is 610 g/mol. The first-order valence-electron chi connectivity index (χ1n) is 16.0. The van der Waals surface area contributed by atoms with E-state index in [1.54, 1.807) is 31.2 Å². The Morgan fingerprint density at radius 3 is 1.43 bits per heavy atom. The molecule has 0 heterocycles. The van der Waals surface area contributed by atoms with Gasteiger partial charge in [0, 0.05) is 0 Å². The molecule has 0 atom stereocenters. The van der Waals surface area contributed by atoms with Gasteiger partial charge in [0.05, 0.1) is 11.1 Å². The molecule has 0 aliphatic heterocycles. The van der Waals surface area contributed by atoms with Gasteiger partial charge in [-0.05, 0) is 61.8 Å². The van der Waals surface area contributed by atoms with Gasteiger partial charge in [-0.2, -0.15) is 0 Å². The van der Waals surface area contributed by atoms with E-state index >= 15 is 0 Å². The highest BCUT2D eigenvalue weighted by atomic mass is 16.3. The van der Waals surface area contributed by atoms with Crippen molar-refractivity contribution in [2.45, 2.75) is 111 Å². The summed E-state index contributed by atoms with van der Waals surface area (Å²) >= 11 is 0. The van der Waals surface area contributed by atoms with Crippen molar-refractivity contribution in [2.24, 2.45) is 5.41 Å².